The highest BCUT2D eigenvalue weighted by Gasteiger charge is 2.35. The second kappa shape index (κ2) is 9.33. The van der Waals surface area contributed by atoms with Crippen LogP contribution in [-0.2, 0) is 11.3 Å². The highest BCUT2D eigenvalue weighted by atomic mass is 35.5. The molecule has 3 aromatic carbocycles. The van der Waals surface area contributed by atoms with Gasteiger partial charge < -0.3 is 5.11 Å². The van der Waals surface area contributed by atoms with Crippen molar-refractivity contribution in [2.75, 3.05) is 0 Å². The van der Waals surface area contributed by atoms with E-state index in [-0.39, 0.29) is 28.3 Å². The molecule has 32 heavy (non-hydrogen) atoms. The van der Waals surface area contributed by atoms with Gasteiger partial charge in [0, 0.05) is 11.1 Å². The third-order valence-corrected chi connectivity index (χ3v) is 5.81. The zero-order chi connectivity index (χ0) is 22.7. The van der Waals surface area contributed by atoms with Crippen LogP contribution in [0.25, 0.3) is 6.08 Å². The van der Waals surface area contributed by atoms with Gasteiger partial charge in [-0.2, -0.15) is 5.11 Å². The molecule has 1 aliphatic rings. The predicted octanol–water partition coefficient (Wildman–Crippen LogP) is 6.84. The lowest BCUT2D eigenvalue weighted by Gasteiger charge is -2.12. The number of phenols is 1. The summed E-state index contributed by atoms with van der Waals surface area (Å²) in [4.78, 5) is 26.2. The Balaban J connectivity index is 1.57. The van der Waals surface area contributed by atoms with Crippen molar-refractivity contribution in [2.24, 2.45) is 10.2 Å². The highest BCUT2D eigenvalue weighted by Crippen LogP contribution is 2.36. The van der Waals surface area contributed by atoms with Crippen molar-refractivity contribution in [3.8, 4) is 5.75 Å². The number of halogens is 2. The van der Waals surface area contributed by atoms with Crippen molar-refractivity contribution >= 4 is 52.0 Å². The maximum absolute atomic E-state index is 13.9. The topological polar surface area (TPSA) is 82.3 Å². The molecule has 0 unspecified atom stereocenters. The van der Waals surface area contributed by atoms with Crippen LogP contribution in [-0.4, -0.2) is 21.2 Å². The quantitative estimate of drug-likeness (QED) is 0.329. The van der Waals surface area contributed by atoms with Gasteiger partial charge >= 0.3 is 0 Å². The molecule has 0 aromatic heterocycles. The highest BCUT2D eigenvalue weighted by molar-refractivity contribution is 8.18. The number of phenolic OH excluding ortho intramolecular Hbond substituents is 1. The lowest BCUT2D eigenvalue weighted by Crippen LogP contribution is -2.27. The minimum absolute atomic E-state index is 0.0948. The molecule has 1 aliphatic heterocycles. The lowest BCUT2D eigenvalue weighted by molar-refractivity contribution is -0.123. The van der Waals surface area contributed by atoms with Crippen LogP contribution in [0.2, 0.25) is 5.02 Å². The molecule has 0 spiro atoms. The van der Waals surface area contributed by atoms with E-state index >= 15 is 0 Å². The number of benzene rings is 3. The van der Waals surface area contributed by atoms with Gasteiger partial charge in [0.2, 0.25) is 0 Å². The van der Waals surface area contributed by atoms with Gasteiger partial charge in [-0.05, 0) is 54.2 Å². The van der Waals surface area contributed by atoms with Crippen LogP contribution in [0, 0.1) is 5.82 Å². The summed E-state index contributed by atoms with van der Waals surface area (Å²) in [6.45, 7) is -0.174. The van der Waals surface area contributed by atoms with Gasteiger partial charge in [0.05, 0.1) is 22.2 Å². The van der Waals surface area contributed by atoms with E-state index in [1.165, 1.54) is 36.4 Å². The van der Waals surface area contributed by atoms with Crippen LogP contribution in [0.15, 0.2) is 81.9 Å². The minimum atomic E-state index is -0.564. The first-order valence-corrected chi connectivity index (χ1v) is 10.6. The van der Waals surface area contributed by atoms with E-state index in [4.69, 9.17) is 11.6 Å². The molecule has 6 nitrogen and oxygen atoms in total. The Morgan fingerprint density at radius 3 is 2.56 bits per heavy atom. The van der Waals surface area contributed by atoms with Gasteiger partial charge in [0.1, 0.15) is 17.3 Å². The lowest BCUT2D eigenvalue weighted by atomic mass is 10.1. The van der Waals surface area contributed by atoms with Gasteiger partial charge in [0.25, 0.3) is 11.1 Å². The molecule has 160 valence electrons. The third kappa shape index (κ3) is 4.71. The maximum atomic E-state index is 13.9. The molecule has 0 bridgehead atoms. The fraction of sp³-hybridized carbons (Fsp3) is 0.0435. The summed E-state index contributed by atoms with van der Waals surface area (Å²) in [6, 6.07) is 17.4. The Morgan fingerprint density at radius 1 is 1.03 bits per heavy atom. The van der Waals surface area contributed by atoms with Gasteiger partial charge in [0.15, 0.2) is 0 Å². The number of carbonyl (C=O) groups excluding carboxylic acids is 2. The first-order chi connectivity index (χ1) is 15.4. The van der Waals surface area contributed by atoms with Gasteiger partial charge in [-0.1, -0.05) is 41.9 Å². The van der Waals surface area contributed by atoms with Crippen molar-refractivity contribution < 1.29 is 19.1 Å². The summed E-state index contributed by atoms with van der Waals surface area (Å²) in [5.74, 6) is -1.15. The van der Waals surface area contributed by atoms with Crippen LogP contribution in [0.5, 0.6) is 5.75 Å². The summed E-state index contributed by atoms with van der Waals surface area (Å²) in [5, 5.41) is 18.3. The number of hydrogen-bond donors (Lipinski definition) is 1. The van der Waals surface area contributed by atoms with Gasteiger partial charge in [-0.25, -0.2) is 4.39 Å². The number of imide groups is 1. The molecule has 9 heteroatoms. The van der Waals surface area contributed by atoms with Gasteiger partial charge in [-0.3, -0.25) is 14.5 Å². The number of thioether (sulfide) groups is 1. The van der Waals surface area contributed by atoms with Crippen molar-refractivity contribution in [1.82, 2.24) is 4.90 Å². The normalized spacial score (nSPS) is 15.3. The third-order valence-electron chi connectivity index (χ3n) is 4.58. The number of carbonyl (C=O) groups is 2. The Labute approximate surface area is 192 Å². The second-order valence-electron chi connectivity index (χ2n) is 6.75. The molecule has 1 N–H and O–H groups in total. The first-order valence-electron chi connectivity index (χ1n) is 9.40. The largest absolute Gasteiger partial charge is 0.507 e. The summed E-state index contributed by atoms with van der Waals surface area (Å²) in [6.07, 6.45) is 1.40. The van der Waals surface area contributed by atoms with Crippen LogP contribution < -0.4 is 0 Å². The van der Waals surface area contributed by atoms with Crippen LogP contribution in [0.3, 0.4) is 0 Å². The fourth-order valence-corrected chi connectivity index (χ4v) is 3.94. The Kier molecular flexibility index (Phi) is 6.34. The SMILES string of the molecule is O=C1S/C(=C\c2cc(N=Nc3ccccc3Cl)ccc2O)C(=O)N1Cc1ccccc1F. The van der Waals surface area contributed by atoms with Crippen molar-refractivity contribution in [1.29, 1.82) is 0 Å². The predicted molar refractivity (Wildman–Crippen MR) is 122 cm³/mol. The molecule has 0 atom stereocenters. The number of hydrogen-bond acceptors (Lipinski definition) is 6. The average molecular weight is 468 g/mol. The Morgan fingerprint density at radius 2 is 1.78 bits per heavy atom. The molecular weight excluding hydrogens is 453 g/mol. The number of amides is 2. The standard InChI is InChI=1S/C23H15ClFN3O3S/c24-17-6-2-4-8-19(17)27-26-16-9-10-20(29)15(11-16)12-21-22(30)28(23(31)32-21)13-14-5-1-3-7-18(14)25/h1-12,29H,13H2/b21-12-,27-26?. The summed E-state index contributed by atoms with van der Waals surface area (Å²) >= 11 is 6.79. The zero-order valence-electron chi connectivity index (χ0n) is 16.4. The molecule has 0 saturated carbocycles. The van der Waals surface area contributed by atoms with Crippen molar-refractivity contribution in [2.45, 2.75) is 6.54 Å². The maximum Gasteiger partial charge on any atom is 0.293 e. The molecule has 1 heterocycles. The Bertz CT molecular complexity index is 1280. The Hall–Kier alpha value is -3.49. The molecule has 1 saturated heterocycles. The summed E-state index contributed by atoms with van der Waals surface area (Å²) in [7, 11) is 0. The van der Waals surface area contributed by atoms with E-state index in [1.54, 1.807) is 36.4 Å². The summed E-state index contributed by atoms with van der Waals surface area (Å²) < 4.78 is 13.9. The van der Waals surface area contributed by atoms with E-state index in [0.29, 0.717) is 16.4 Å². The van der Waals surface area contributed by atoms with E-state index in [2.05, 4.69) is 10.2 Å². The number of nitrogens with zero attached hydrogens (tertiary/aromatic N) is 3. The molecule has 0 radical (unpaired) electrons. The number of aromatic hydroxyl groups is 1. The smallest absolute Gasteiger partial charge is 0.293 e. The minimum Gasteiger partial charge on any atom is -0.507 e. The molecule has 2 amide bonds. The first kappa shape index (κ1) is 21.7. The van der Waals surface area contributed by atoms with E-state index in [9.17, 15) is 19.1 Å². The zero-order valence-corrected chi connectivity index (χ0v) is 18.0. The molecule has 4 rings (SSSR count). The molecular formula is C23H15ClFN3O3S. The average Bonchev–Trinajstić information content (AvgIpc) is 3.04. The van der Waals surface area contributed by atoms with Crippen molar-refractivity contribution in [3.63, 3.8) is 0 Å². The molecule has 3 aromatic rings. The van der Waals surface area contributed by atoms with Crippen molar-refractivity contribution in [3.05, 3.63) is 93.6 Å². The summed E-state index contributed by atoms with van der Waals surface area (Å²) in [5.41, 5.74) is 1.43. The van der Waals surface area contributed by atoms with Crippen LogP contribution in [0.4, 0.5) is 20.6 Å². The van der Waals surface area contributed by atoms with E-state index < -0.39 is 17.0 Å². The van der Waals surface area contributed by atoms with Crippen LogP contribution in [0.1, 0.15) is 11.1 Å². The fourth-order valence-electron chi connectivity index (χ4n) is 2.94. The number of azo groups is 1. The number of rotatable bonds is 5. The van der Waals surface area contributed by atoms with E-state index in [0.717, 1.165) is 16.7 Å². The second-order valence-corrected chi connectivity index (χ2v) is 8.15. The molecule has 0 aliphatic carbocycles. The molecule has 1 fully saturated rings. The monoisotopic (exact) mass is 467 g/mol. The van der Waals surface area contributed by atoms with E-state index in [1.807, 2.05) is 0 Å². The van der Waals surface area contributed by atoms with Crippen LogP contribution >= 0.6 is 23.4 Å². The van der Waals surface area contributed by atoms with Gasteiger partial charge in [-0.15, -0.1) is 5.11 Å².